The van der Waals surface area contributed by atoms with Crippen molar-refractivity contribution in [3.63, 3.8) is 0 Å². The van der Waals surface area contributed by atoms with E-state index in [0.29, 0.717) is 0 Å². The molecule has 0 aliphatic rings. The van der Waals surface area contributed by atoms with Gasteiger partial charge in [-0.25, -0.2) is 0 Å². The first-order valence-electron chi connectivity index (χ1n) is 20.5. The van der Waals surface area contributed by atoms with Crippen molar-refractivity contribution in [3.8, 4) is 0 Å². The monoisotopic (exact) mass is 818 g/mol. The van der Waals surface area contributed by atoms with Gasteiger partial charge in [0.25, 0.3) is 0 Å². The third-order valence-electron chi connectivity index (χ3n) is 9.91. The lowest BCUT2D eigenvalue weighted by Crippen LogP contribution is -2.42. The Hall–Kier alpha value is 1.59. The van der Waals surface area contributed by atoms with Crippen LogP contribution in [0.5, 0.6) is 0 Å². The van der Waals surface area contributed by atoms with E-state index in [-0.39, 0.29) is 0 Å². The highest BCUT2D eigenvalue weighted by atomic mass is 33.7. The molecular formula is C38H82O6S4Si2. The van der Waals surface area contributed by atoms with Gasteiger partial charge in [-0.1, -0.05) is 176 Å². The molecule has 0 aromatic heterocycles. The zero-order chi connectivity index (χ0) is 36.7. The molecule has 0 aliphatic carbocycles. The molecule has 0 N–H and O–H groups in total. The first-order valence-corrected chi connectivity index (χ1v) is 29.5. The summed E-state index contributed by atoms with van der Waals surface area (Å²) < 4.78 is 33.0. The summed E-state index contributed by atoms with van der Waals surface area (Å²) in [6.45, 7) is 0. The fourth-order valence-electron chi connectivity index (χ4n) is 6.47. The largest absolute Gasteiger partial charge is 0.500 e. The zero-order valence-corrected chi connectivity index (χ0v) is 39.0. The summed E-state index contributed by atoms with van der Waals surface area (Å²) in [5.41, 5.74) is 0. The van der Waals surface area contributed by atoms with E-state index in [1.54, 1.807) is 42.7 Å². The van der Waals surface area contributed by atoms with E-state index in [9.17, 15) is 0 Å². The first kappa shape index (κ1) is 51.6. The smallest absolute Gasteiger partial charge is 0.377 e. The Kier molecular flexibility index (Phi) is 41.5. The Balaban J connectivity index is 3.18. The SMILES string of the molecule is CO[Si](CCCCCCCCCCCCCCCCSSSSCCCCCCCCCCCCCCCC[Si](OC)(OC)OC)(OC)OC. The van der Waals surface area contributed by atoms with Gasteiger partial charge in [-0.05, 0) is 45.3 Å². The molecule has 6 nitrogen and oxygen atoms in total. The van der Waals surface area contributed by atoms with Gasteiger partial charge in [0.05, 0.1) is 0 Å². The molecule has 0 bridgehead atoms. The molecule has 302 valence electrons. The van der Waals surface area contributed by atoms with Crippen LogP contribution >= 0.6 is 41.2 Å². The average molecular weight is 820 g/mol. The van der Waals surface area contributed by atoms with Crippen LogP contribution in [0.2, 0.25) is 12.1 Å². The van der Waals surface area contributed by atoms with Crippen LogP contribution in [0.25, 0.3) is 0 Å². The highest BCUT2D eigenvalue weighted by Gasteiger charge is 2.37. The minimum absolute atomic E-state index is 0.932. The third-order valence-corrected chi connectivity index (χ3v) is 22.2. The molecule has 0 heterocycles. The van der Waals surface area contributed by atoms with Gasteiger partial charge in [0.2, 0.25) is 0 Å². The van der Waals surface area contributed by atoms with Crippen molar-refractivity contribution >= 4 is 58.8 Å². The highest BCUT2D eigenvalue weighted by Crippen LogP contribution is 2.43. The quantitative estimate of drug-likeness (QED) is 0.0338. The van der Waals surface area contributed by atoms with Crippen LogP contribution in [-0.2, 0) is 26.6 Å². The highest BCUT2D eigenvalue weighted by molar-refractivity contribution is 9.26. The van der Waals surface area contributed by atoms with Gasteiger partial charge >= 0.3 is 17.6 Å². The van der Waals surface area contributed by atoms with E-state index in [2.05, 4.69) is 21.6 Å². The summed E-state index contributed by atoms with van der Waals surface area (Å²) in [5.74, 6) is 2.63. The normalized spacial score (nSPS) is 12.4. The predicted octanol–water partition coefficient (Wildman–Crippen LogP) is 14.3. The van der Waals surface area contributed by atoms with Crippen molar-refractivity contribution in [1.29, 1.82) is 0 Å². The third kappa shape index (κ3) is 31.9. The van der Waals surface area contributed by atoms with E-state index < -0.39 is 17.6 Å². The number of unbranched alkanes of at least 4 members (excludes halogenated alkanes) is 26. The lowest BCUT2D eigenvalue weighted by atomic mass is 10.0. The topological polar surface area (TPSA) is 55.4 Å². The molecule has 0 fully saturated rings. The number of rotatable bonds is 43. The Labute approximate surface area is 329 Å². The first-order chi connectivity index (χ1) is 24.6. The molecule has 0 radical (unpaired) electrons. The van der Waals surface area contributed by atoms with Gasteiger partial charge in [0.15, 0.2) is 0 Å². The minimum atomic E-state index is -2.35. The molecule has 0 saturated carbocycles. The second-order valence-electron chi connectivity index (χ2n) is 13.8. The van der Waals surface area contributed by atoms with Crippen LogP contribution in [0.3, 0.4) is 0 Å². The second kappa shape index (κ2) is 40.3. The molecule has 0 unspecified atom stereocenters. The van der Waals surface area contributed by atoms with E-state index in [1.165, 1.54) is 178 Å². The summed E-state index contributed by atoms with van der Waals surface area (Å²) >= 11 is 0. The van der Waals surface area contributed by atoms with E-state index in [4.69, 9.17) is 26.6 Å². The van der Waals surface area contributed by atoms with Crippen molar-refractivity contribution in [2.75, 3.05) is 54.2 Å². The molecule has 0 aromatic rings. The maximum absolute atomic E-state index is 5.50. The lowest BCUT2D eigenvalue weighted by Gasteiger charge is -2.24. The average Bonchev–Trinajstić information content (AvgIpc) is 3.15. The summed E-state index contributed by atoms with van der Waals surface area (Å²) in [6.07, 6.45) is 38.5. The van der Waals surface area contributed by atoms with Crippen LogP contribution < -0.4 is 0 Å². The van der Waals surface area contributed by atoms with Crippen LogP contribution in [0.15, 0.2) is 0 Å². The fourth-order valence-corrected chi connectivity index (χ4v) is 16.3. The summed E-state index contributed by atoms with van der Waals surface area (Å²) in [5, 5.41) is 0. The molecule has 0 atom stereocenters. The van der Waals surface area contributed by atoms with Gasteiger partial charge in [0, 0.05) is 66.3 Å². The van der Waals surface area contributed by atoms with Crippen molar-refractivity contribution in [3.05, 3.63) is 0 Å². The van der Waals surface area contributed by atoms with Gasteiger partial charge in [-0.3, -0.25) is 0 Å². The summed E-state index contributed by atoms with van der Waals surface area (Å²) in [7, 11) is 13.7. The Morgan fingerprint density at radius 1 is 0.260 bits per heavy atom. The molecule has 0 aromatic carbocycles. The molecule has 0 spiro atoms. The second-order valence-corrected chi connectivity index (χ2v) is 26.2. The molecule has 0 aliphatic heterocycles. The van der Waals surface area contributed by atoms with Crippen LogP contribution in [-0.4, -0.2) is 71.8 Å². The molecular weight excluding hydrogens is 737 g/mol. The van der Waals surface area contributed by atoms with Gasteiger partial charge in [0.1, 0.15) is 0 Å². The Morgan fingerprint density at radius 3 is 0.640 bits per heavy atom. The van der Waals surface area contributed by atoms with Gasteiger partial charge < -0.3 is 26.6 Å². The van der Waals surface area contributed by atoms with Crippen LogP contribution in [0.4, 0.5) is 0 Å². The predicted molar refractivity (Wildman–Crippen MR) is 233 cm³/mol. The molecule has 0 rings (SSSR count). The van der Waals surface area contributed by atoms with Crippen molar-refractivity contribution in [2.45, 2.75) is 192 Å². The van der Waals surface area contributed by atoms with Crippen molar-refractivity contribution in [1.82, 2.24) is 0 Å². The maximum atomic E-state index is 5.50. The zero-order valence-electron chi connectivity index (χ0n) is 33.7. The molecule has 12 heteroatoms. The maximum Gasteiger partial charge on any atom is 0.500 e. The van der Waals surface area contributed by atoms with E-state index >= 15 is 0 Å². The molecule has 0 amide bonds. The van der Waals surface area contributed by atoms with Crippen molar-refractivity contribution in [2.24, 2.45) is 0 Å². The van der Waals surface area contributed by atoms with Crippen LogP contribution in [0, 0.1) is 0 Å². The fraction of sp³-hybridized carbons (Fsp3) is 1.00. The van der Waals surface area contributed by atoms with Crippen LogP contribution in [0.1, 0.15) is 180 Å². The Morgan fingerprint density at radius 2 is 0.440 bits per heavy atom. The van der Waals surface area contributed by atoms with Crippen molar-refractivity contribution < 1.29 is 26.6 Å². The number of hydrogen-bond acceptors (Lipinski definition) is 10. The van der Waals surface area contributed by atoms with Gasteiger partial charge in [-0.2, -0.15) is 0 Å². The van der Waals surface area contributed by atoms with Gasteiger partial charge in [-0.15, -0.1) is 0 Å². The Bertz CT molecular complexity index is 596. The molecule has 0 saturated heterocycles. The number of hydrogen-bond donors (Lipinski definition) is 0. The van der Waals surface area contributed by atoms with E-state index in [1.807, 2.05) is 19.7 Å². The molecule has 50 heavy (non-hydrogen) atoms. The minimum Gasteiger partial charge on any atom is -0.377 e. The summed E-state index contributed by atoms with van der Waals surface area (Å²) in [6, 6.07) is 1.86. The standard InChI is InChI=1S/C38H82O6S4Si2/c1-39-49(40-2,41-3)37-33-29-25-21-17-13-9-7-11-15-19-23-27-31-35-45-47-48-46-36-32-28-24-20-16-12-8-10-14-18-22-26-30-34-38-50(42-4,43-5)44-6/h7-38H2,1-6H3. The summed E-state index contributed by atoms with van der Waals surface area (Å²) in [4.78, 5) is 0. The lowest BCUT2D eigenvalue weighted by molar-refractivity contribution is 0.122. The van der Waals surface area contributed by atoms with E-state index in [0.717, 1.165) is 24.9 Å².